The molecule has 1 aromatic rings. The van der Waals surface area contributed by atoms with Crippen LogP contribution in [0.1, 0.15) is 39.2 Å². The Hall–Kier alpha value is -1.07. The van der Waals surface area contributed by atoms with E-state index in [0.29, 0.717) is 0 Å². The largest absolute Gasteiger partial charge is 0.355 e. The van der Waals surface area contributed by atoms with Crippen molar-refractivity contribution in [1.82, 2.24) is 10.2 Å². The van der Waals surface area contributed by atoms with Gasteiger partial charge in [0.05, 0.1) is 0 Å². The fourth-order valence-corrected chi connectivity index (χ4v) is 3.69. The van der Waals surface area contributed by atoms with Crippen LogP contribution in [0, 0.1) is 11.7 Å². The Bertz CT molecular complexity index is 519. The average Bonchev–Trinajstić information content (AvgIpc) is 2.53. The summed E-state index contributed by atoms with van der Waals surface area (Å²) in [5, 5.41) is 3.08. The molecule has 3 nitrogen and oxygen atoms in total. The molecule has 2 rings (SSSR count). The third-order valence-corrected chi connectivity index (χ3v) is 5.49. The summed E-state index contributed by atoms with van der Waals surface area (Å²) < 4.78 is 13.2. The average molecular weight is 353 g/mol. The summed E-state index contributed by atoms with van der Waals surface area (Å²) in [4.78, 5) is 14.6. The molecule has 1 fully saturated rings. The van der Waals surface area contributed by atoms with E-state index in [1.165, 1.54) is 12.1 Å². The minimum Gasteiger partial charge on any atom is -0.355 e. The maximum atomic E-state index is 12.9. The fourth-order valence-electron chi connectivity index (χ4n) is 2.88. The van der Waals surface area contributed by atoms with Crippen LogP contribution in [0.15, 0.2) is 24.3 Å². The van der Waals surface area contributed by atoms with E-state index < -0.39 is 0 Å². The van der Waals surface area contributed by atoms with Gasteiger partial charge in [-0.1, -0.05) is 32.9 Å². The lowest BCUT2D eigenvalue weighted by Crippen LogP contribution is -2.40. The van der Waals surface area contributed by atoms with Gasteiger partial charge in [-0.3, -0.25) is 9.69 Å². The molecule has 1 amide bonds. The van der Waals surface area contributed by atoms with E-state index in [1.807, 2.05) is 23.9 Å². The van der Waals surface area contributed by atoms with Gasteiger partial charge in [0.2, 0.25) is 5.91 Å². The summed E-state index contributed by atoms with van der Waals surface area (Å²) in [7, 11) is 0. The Labute approximate surface area is 149 Å². The normalized spacial score (nSPS) is 17.0. The van der Waals surface area contributed by atoms with Gasteiger partial charge in [0, 0.05) is 29.5 Å². The first-order valence-corrected chi connectivity index (χ1v) is 9.70. The smallest absolute Gasteiger partial charge is 0.223 e. The van der Waals surface area contributed by atoms with Crippen molar-refractivity contribution in [3.8, 4) is 0 Å². The number of hydrogen-bond acceptors (Lipinski definition) is 3. The number of amides is 1. The third kappa shape index (κ3) is 6.81. The number of halogens is 1. The van der Waals surface area contributed by atoms with Crippen LogP contribution in [0.25, 0.3) is 0 Å². The number of piperidine rings is 1. The summed E-state index contributed by atoms with van der Waals surface area (Å²) in [6.45, 7) is 9.99. The highest BCUT2D eigenvalue weighted by Gasteiger charge is 2.24. The number of benzene rings is 1. The first-order chi connectivity index (χ1) is 11.3. The Morgan fingerprint density at radius 3 is 2.46 bits per heavy atom. The second kappa shape index (κ2) is 8.86. The molecule has 1 N–H and O–H groups in total. The lowest BCUT2D eigenvalue weighted by atomic mass is 9.95. The minimum atomic E-state index is -0.196. The molecule has 1 heterocycles. The molecule has 134 valence electrons. The quantitative estimate of drug-likeness (QED) is 0.793. The molecule has 0 spiro atoms. The SMILES string of the molecule is CC(C)(C)SCCNC(=O)C1CCN(Cc2ccc(F)cc2)CC1. The number of nitrogens with zero attached hydrogens (tertiary/aromatic N) is 1. The number of carbonyl (C=O) groups excluding carboxylic acids is 1. The van der Waals surface area contributed by atoms with Crippen LogP contribution in [0.5, 0.6) is 0 Å². The maximum absolute atomic E-state index is 12.9. The van der Waals surface area contributed by atoms with Crippen LogP contribution in [0.2, 0.25) is 0 Å². The van der Waals surface area contributed by atoms with E-state index in [-0.39, 0.29) is 22.4 Å². The summed E-state index contributed by atoms with van der Waals surface area (Å²) in [5.41, 5.74) is 1.12. The predicted molar refractivity (Wildman–Crippen MR) is 99.6 cm³/mol. The molecule has 0 atom stereocenters. The van der Waals surface area contributed by atoms with Crippen molar-refractivity contribution in [2.24, 2.45) is 5.92 Å². The van der Waals surface area contributed by atoms with Crippen molar-refractivity contribution in [2.45, 2.75) is 44.9 Å². The van der Waals surface area contributed by atoms with Crippen molar-refractivity contribution >= 4 is 17.7 Å². The van der Waals surface area contributed by atoms with Crippen LogP contribution in [0.3, 0.4) is 0 Å². The van der Waals surface area contributed by atoms with Gasteiger partial charge in [-0.2, -0.15) is 11.8 Å². The highest BCUT2D eigenvalue weighted by atomic mass is 32.2. The molecule has 0 saturated carbocycles. The molecular weight excluding hydrogens is 323 g/mol. The van der Waals surface area contributed by atoms with Crippen LogP contribution in [-0.2, 0) is 11.3 Å². The Morgan fingerprint density at radius 2 is 1.88 bits per heavy atom. The first kappa shape index (κ1) is 19.3. The lowest BCUT2D eigenvalue weighted by molar-refractivity contribution is -0.126. The number of thioether (sulfide) groups is 1. The Balaban J connectivity index is 1.66. The molecular formula is C19H29FN2OS. The highest BCUT2D eigenvalue weighted by Crippen LogP contribution is 2.22. The topological polar surface area (TPSA) is 32.3 Å². The standard InChI is InChI=1S/C19H29FN2OS/c1-19(2,3)24-13-10-21-18(23)16-8-11-22(12-9-16)14-15-4-6-17(20)7-5-15/h4-7,16H,8-14H2,1-3H3,(H,21,23). The van der Waals surface area contributed by atoms with Gasteiger partial charge < -0.3 is 5.32 Å². The lowest BCUT2D eigenvalue weighted by Gasteiger charge is -2.31. The van der Waals surface area contributed by atoms with Crippen molar-refractivity contribution in [3.63, 3.8) is 0 Å². The maximum Gasteiger partial charge on any atom is 0.223 e. The second-order valence-electron chi connectivity index (χ2n) is 7.43. The molecule has 5 heteroatoms. The van der Waals surface area contributed by atoms with Crippen LogP contribution in [-0.4, -0.2) is 40.9 Å². The van der Waals surface area contributed by atoms with Crippen molar-refractivity contribution < 1.29 is 9.18 Å². The molecule has 0 aliphatic carbocycles. The van der Waals surface area contributed by atoms with Crippen molar-refractivity contribution in [2.75, 3.05) is 25.4 Å². The summed E-state index contributed by atoms with van der Waals surface area (Å²) >= 11 is 1.88. The van der Waals surface area contributed by atoms with Gasteiger partial charge in [-0.05, 0) is 43.6 Å². The van der Waals surface area contributed by atoms with Crippen LogP contribution < -0.4 is 5.32 Å². The van der Waals surface area contributed by atoms with Crippen molar-refractivity contribution in [1.29, 1.82) is 0 Å². The van der Waals surface area contributed by atoms with Gasteiger partial charge in [-0.25, -0.2) is 4.39 Å². The molecule has 24 heavy (non-hydrogen) atoms. The van der Waals surface area contributed by atoms with Crippen LogP contribution >= 0.6 is 11.8 Å². The molecule has 1 aromatic carbocycles. The molecule has 0 aromatic heterocycles. The molecule has 1 saturated heterocycles. The monoisotopic (exact) mass is 352 g/mol. The summed E-state index contributed by atoms with van der Waals surface area (Å²) in [6.07, 6.45) is 1.80. The molecule has 0 unspecified atom stereocenters. The molecule has 1 aliphatic heterocycles. The zero-order chi connectivity index (χ0) is 17.6. The number of rotatable bonds is 6. The number of hydrogen-bond donors (Lipinski definition) is 1. The first-order valence-electron chi connectivity index (χ1n) is 8.72. The summed E-state index contributed by atoms with van der Waals surface area (Å²) in [5.74, 6) is 1.09. The summed E-state index contributed by atoms with van der Waals surface area (Å²) in [6, 6.07) is 6.68. The third-order valence-electron chi connectivity index (χ3n) is 4.21. The predicted octanol–water partition coefficient (Wildman–Crippen LogP) is 3.69. The van der Waals surface area contributed by atoms with E-state index in [2.05, 4.69) is 31.0 Å². The van der Waals surface area contributed by atoms with Crippen LogP contribution in [0.4, 0.5) is 4.39 Å². The van der Waals surface area contributed by atoms with Gasteiger partial charge in [-0.15, -0.1) is 0 Å². The van der Waals surface area contributed by atoms with Gasteiger partial charge >= 0.3 is 0 Å². The molecule has 0 bridgehead atoms. The zero-order valence-electron chi connectivity index (χ0n) is 15.0. The Kier molecular flexibility index (Phi) is 7.11. The molecule has 1 aliphatic rings. The fraction of sp³-hybridized carbons (Fsp3) is 0.632. The van der Waals surface area contributed by atoms with Crippen molar-refractivity contribution in [3.05, 3.63) is 35.6 Å². The minimum absolute atomic E-state index is 0.133. The number of nitrogens with one attached hydrogen (secondary N) is 1. The van der Waals surface area contributed by atoms with E-state index >= 15 is 0 Å². The number of carbonyl (C=O) groups is 1. The Morgan fingerprint density at radius 1 is 1.25 bits per heavy atom. The zero-order valence-corrected chi connectivity index (χ0v) is 15.8. The van der Waals surface area contributed by atoms with E-state index in [1.54, 1.807) is 0 Å². The van der Waals surface area contributed by atoms with E-state index in [4.69, 9.17) is 0 Å². The van der Waals surface area contributed by atoms with Gasteiger partial charge in [0.25, 0.3) is 0 Å². The van der Waals surface area contributed by atoms with Gasteiger partial charge in [0.15, 0.2) is 0 Å². The number of likely N-dealkylation sites (tertiary alicyclic amines) is 1. The molecule has 0 radical (unpaired) electrons. The van der Waals surface area contributed by atoms with E-state index in [9.17, 15) is 9.18 Å². The van der Waals surface area contributed by atoms with Gasteiger partial charge in [0.1, 0.15) is 5.82 Å². The second-order valence-corrected chi connectivity index (χ2v) is 9.35. The highest BCUT2D eigenvalue weighted by molar-refractivity contribution is 8.00. The van der Waals surface area contributed by atoms with E-state index in [0.717, 1.165) is 50.3 Å².